The van der Waals surface area contributed by atoms with Crippen LogP contribution in [0.3, 0.4) is 0 Å². The number of piperidine rings is 1. The largest absolute Gasteiger partial charge is 0.661 e. The zero-order chi connectivity index (χ0) is 23.9. The van der Waals surface area contributed by atoms with Crippen LogP contribution in [0.2, 0.25) is 0 Å². The van der Waals surface area contributed by atoms with Crippen LogP contribution in [-0.4, -0.2) is 77.5 Å². The molecule has 0 saturated carbocycles. The third-order valence-electron chi connectivity index (χ3n) is 4.93. The topological polar surface area (TPSA) is 133 Å². The SMILES string of the molecule is COC(=O)[C-](CC1C=CCC[N-]1)C(=O)OC.COC(=O)[C-](CC1CCCC[N-]1)C(=O)OC.[Pd]. The quantitative estimate of drug-likeness (QED) is 0.111. The Morgan fingerprint density at radius 2 is 1.30 bits per heavy atom. The van der Waals surface area contributed by atoms with Gasteiger partial charge in [0.05, 0.1) is 28.4 Å². The van der Waals surface area contributed by atoms with Crippen molar-refractivity contribution in [1.82, 2.24) is 0 Å². The summed E-state index contributed by atoms with van der Waals surface area (Å²) in [6.07, 6.45) is 8.42. The van der Waals surface area contributed by atoms with E-state index in [1.165, 1.54) is 28.4 Å². The Labute approximate surface area is 209 Å². The van der Waals surface area contributed by atoms with Crippen molar-refractivity contribution in [3.63, 3.8) is 0 Å². The average Bonchev–Trinajstić information content (AvgIpc) is 2.85. The fourth-order valence-electron chi connectivity index (χ4n) is 3.22. The molecule has 33 heavy (non-hydrogen) atoms. The molecule has 0 radical (unpaired) electrons. The zero-order valence-electron chi connectivity index (χ0n) is 19.4. The van der Waals surface area contributed by atoms with Gasteiger partial charge >= 0.3 is 0 Å². The minimum Gasteiger partial charge on any atom is -0.661 e. The Morgan fingerprint density at radius 1 is 0.788 bits per heavy atom. The van der Waals surface area contributed by atoms with Crippen LogP contribution in [0.1, 0.15) is 38.5 Å². The predicted octanol–water partition coefficient (Wildman–Crippen LogP) is 2.22. The van der Waals surface area contributed by atoms with E-state index in [1.807, 2.05) is 12.2 Å². The number of carbonyl (C=O) groups excluding carboxylic acids is 4. The number of methoxy groups -OCH3 is 4. The van der Waals surface area contributed by atoms with Crippen molar-refractivity contribution in [2.45, 2.75) is 50.6 Å². The van der Waals surface area contributed by atoms with Crippen LogP contribution >= 0.6 is 0 Å². The van der Waals surface area contributed by atoms with Crippen molar-refractivity contribution >= 4 is 23.9 Å². The van der Waals surface area contributed by atoms with Gasteiger partial charge in [0.1, 0.15) is 0 Å². The van der Waals surface area contributed by atoms with Gasteiger partial charge in [-0.3, -0.25) is 19.2 Å². The summed E-state index contributed by atoms with van der Waals surface area (Å²) in [4.78, 5) is 45.5. The number of hydrogen-bond donors (Lipinski definition) is 0. The molecule has 1 saturated heterocycles. The predicted molar refractivity (Wildman–Crippen MR) is 115 cm³/mol. The summed E-state index contributed by atoms with van der Waals surface area (Å²) in [7, 11) is 4.98. The maximum absolute atomic E-state index is 11.4. The minimum atomic E-state index is -0.652. The number of nitrogens with zero attached hydrogens (tertiary/aromatic N) is 2. The summed E-state index contributed by atoms with van der Waals surface area (Å²) < 4.78 is 18.2. The normalized spacial score (nSPS) is 18.9. The first-order valence-electron chi connectivity index (χ1n) is 10.4. The van der Waals surface area contributed by atoms with Gasteiger partial charge in [-0.25, -0.2) is 0 Å². The van der Waals surface area contributed by atoms with Crippen molar-refractivity contribution < 1.29 is 58.5 Å². The van der Waals surface area contributed by atoms with Crippen LogP contribution in [0.25, 0.3) is 10.6 Å². The Hall–Kier alpha value is -2.06. The number of hydrogen-bond acceptors (Lipinski definition) is 8. The van der Waals surface area contributed by atoms with Gasteiger partial charge in [-0.05, 0) is 0 Å². The van der Waals surface area contributed by atoms with Crippen LogP contribution in [0.15, 0.2) is 12.2 Å². The Morgan fingerprint density at radius 3 is 1.70 bits per heavy atom. The molecule has 2 unspecified atom stereocenters. The molecule has 0 aromatic heterocycles. The molecule has 1 fully saturated rings. The third-order valence-corrected chi connectivity index (χ3v) is 4.93. The van der Waals surface area contributed by atoms with Gasteiger partial charge in [-0.2, -0.15) is 30.7 Å². The van der Waals surface area contributed by atoms with Crippen molar-refractivity contribution in [3.05, 3.63) is 34.6 Å². The Kier molecular flexibility index (Phi) is 16.3. The van der Waals surface area contributed by atoms with Crippen molar-refractivity contribution in [2.24, 2.45) is 0 Å². The summed E-state index contributed by atoms with van der Waals surface area (Å²) in [6.45, 7) is 1.52. The summed E-state index contributed by atoms with van der Waals surface area (Å²) in [6, 6.07) is -0.0936. The van der Waals surface area contributed by atoms with Gasteiger partial charge in [0.15, 0.2) is 23.9 Å². The van der Waals surface area contributed by atoms with Gasteiger partial charge in [0, 0.05) is 20.4 Å². The number of carbonyl (C=O) groups is 4. The molecule has 2 aliphatic heterocycles. The first-order valence-corrected chi connectivity index (χ1v) is 10.4. The smallest absolute Gasteiger partial charge is 0.179 e. The van der Waals surface area contributed by atoms with Crippen LogP contribution in [0, 0.1) is 11.8 Å². The second kappa shape index (κ2) is 17.4. The zero-order valence-corrected chi connectivity index (χ0v) is 21.0. The fraction of sp³-hybridized carbons (Fsp3) is 0.636. The summed E-state index contributed by atoms with van der Waals surface area (Å²) >= 11 is 0. The molecule has 10 nitrogen and oxygen atoms in total. The minimum absolute atomic E-state index is 0. The van der Waals surface area contributed by atoms with E-state index in [1.54, 1.807) is 0 Å². The van der Waals surface area contributed by atoms with E-state index in [-0.39, 0.29) is 50.8 Å². The fourth-order valence-corrected chi connectivity index (χ4v) is 3.22. The van der Waals surface area contributed by atoms with Gasteiger partial charge in [0.2, 0.25) is 0 Å². The molecule has 11 heteroatoms. The molecule has 0 amide bonds. The van der Waals surface area contributed by atoms with Crippen molar-refractivity contribution in [2.75, 3.05) is 41.5 Å². The molecule has 0 bridgehead atoms. The van der Waals surface area contributed by atoms with Crippen LogP contribution in [-0.2, 0) is 58.5 Å². The maximum Gasteiger partial charge on any atom is 0.179 e. The van der Waals surface area contributed by atoms with Crippen LogP contribution < -0.4 is 0 Å². The molecule has 2 aliphatic rings. The van der Waals surface area contributed by atoms with Gasteiger partial charge in [0.25, 0.3) is 0 Å². The monoisotopic (exact) mass is 558 g/mol. The second-order valence-corrected chi connectivity index (χ2v) is 7.08. The van der Waals surface area contributed by atoms with E-state index < -0.39 is 23.9 Å². The van der Waals surface area contributed by atoms with Crippen LogP contribution in [0.5, 0.6) is 0 Å². The molecular weight excluding hydrogens is 527 g/mol. The van der Waals surface area contributed by atoms with E-state index in [0.717, 1.165) is 38.8 Å². The number of esters is 4. The maximum atomic E-state index is 11.4. The first kappa shape index (κ1) is 30.9. The number of rotatable bonds is 8. The second-order valence-electron chi connectivity index (χ2n) is 7.08. The van der Waals surface area contributed by atoms with E-state index >= 15 is 0 Å². The molecule has 0 N–H and O–H groups in total. The third kappa shape index (κ3) is 11.1. The van der Waals surface area contributed by atoms with E-state index in [2.05, 4.69) is 29.6 Å². The van der Waals surface area contributed by atoms with Gasteiger partial charge in [-0.15, -0.1) is 25.2 Å². The van der Waals surface area contributed by atoms with Crippen molar-refractivity contribution in [1.29, 1.82) is 0 Å². The standard InChI is InChI=1S/C11H17NO4.C11H15NO4.Pd/c2*1-15-10(13)9(11(14)16-2)7-8-5-3-4-6-12-8;/h8H,3-7H2,1-2H3;3,5,8H,4,6-7H2,1-2H3;/q2*-2;. The summed E-state index contributed by atoms with van der Waals surface area (Å²) in [5.74, 6) is -2.48. The molecule has 192 valence electrons. The van der Waals surface area contributed by atoms with Gasteiger partial charge in [-0.1, -0.05) is 31.8 Å². The van der Waals surface area contributed by atoms with E-state index in [0.29, 0.717) is 6.42 Å². The molecular formula is C22H32N2O8Pd-4. The molecule has 2 rings (SSSR count). The molecule has 0 aliphatic carbocycles. The summed E-state index contributed by atoms with van der Waals surface area (Å²) in [5, 5.41) is 8.65. The van der Waals surface area contributed by atoms with E-state index in [4.69, 9.17) is 0 Å². The van der Waals surface area contributed by atoms with Crippen LogP contribution in [0.4, 0.5) is 0 Å². The number of ether oxygens (including phenoxy) is 4. The molecule has 0 spiro atoms. The molecule has 0 aromatic carbocycles. The van der Waals surface area contributed by atoms with E-state index in [9.17, 15) is 19.2 Å². The van der Waals surface area contributed by atoms with Crippen molar-refractivity contribution in [3.8, 4) is 0 Å². The Bertz CT molecular complexity index is 620. The molecule has 2 heterocycles. The Balaban J connectivity index is 0.000000602. The van der Waals surface area contributed by atoms with Gasteiger partial charge < -0.3 is 29.6 Å². The first-order chi connectivity index (χ1) is 15.4. The molecule has 0 aromatic rings. The summed E-state index contributed by atoms with van der Waals surface area (Å²) in [5.41, 5.74) is 0. The average molecular weight is 559 g/mol. The molecule has 2 atom stereocenters.